The summed E-state index contributed by atoms with van der Waals surface area (Å²) in [4.78, 5) is 22.1. The maximum absolute atomic E-state index is 12.0. The summed E-state index contributed by atoms with van der Waals surface area (Å²) in [6.07, 6.45) is -0.329. The third-order valence-corrected chi connectivity index (χ3v) is 3.61. The largest absolute Gasteiger partial charge is 0.388 e. The number of aliphatic hydroxyl groups excluding tert-OH is 1. The van der Waals surface area contributed by atoms with Crippen molar-refractivity contribution in [1.29, 1.82) is 0 Å². The highest BCUT2D eigenvalue weighted by Crippen LogP contribution is 2.22. The molecule has 0 aromatic heterocycles. The summed E-state index contributed by atoms with van der Waals surface area (Å²) >= 11 is 5.89. The number of hydrogen-bond acceptors (Lipinski definition) is 4. The summed E-state index contributed by atoms with van der Waals surface area (Å²) in [5.41, 5.74) is 0.757. The van der Waals surface area contributed by atoms with Crippen molar-refractivity contribution in [2.24, 2.45) is 0 Å². The lowest BCUT2D eigenvalue weighted by Gasteiger charge is -2.12. The highest BCUT2D eigenvalue weighted by Gasteiger charge is 2.15. The minimum Gasteiger partial charge on any atom is -0.388 e. The zero-order valence-electron chi connectivity index (χ0n) is 12.1. The van der Waals surface area contributed by atoms with Crippen molar-refractivity contribution in [3.63, 3.8) is 0 Å². The summed E-state index contributed by atoms with van der Waals surface area (Å²) < 4.78 is 0. The molecule has 0 bridgehead atoms. The van der Waals surface area contributed by atoms with Crippen LogP contribution in [0.15, 0.2) is 48.5 Å². The normalized spacial score (nSPS) is 11.7. The topological polar surface area (TPSA) is 92.5 Å². The lowest BCUT2D eigenvalue weighted by Crippen LogP contribution is -2.26. The van der Waals surface area contributed by atoms with Crippen molar-refractivity contribution in [3.05, 3.63) is 74.8 Å². The van der Waals surface area contributed by atoms with Gasteiger partial charge in [-0.05, 0) is 18.1 Å². The maximum atomic E-state index is 12.0. The van der Waals surface area contributed by atoms with E-state index in [0.29, 0.717) is 6.42 Å². The molecular formula is C16H15ClN2O4. The van der Waals surface area contributed by atoms with Crippen LogP contribution < -0.4 is 5.32 Å². The first-order valence-corrected chi connectivity index (χ1v) is 7.32. The number of non-ortho nitro benzene ring substituents is 1. The molecular weight excluding hydrogens is 320 g/mol. The van der Waals surface area contributed by atoms with Gasteiger partial charge >= 0.3 is 0 Å². The predicted octanol–water partition coefficient (Wildman–Crippen LogP) is 3.10. The van der Waals surface area contributed by atoms with Crippen molar-refractivity contribution < 1.29 is 14.8 Å². The molecule has 0 radical (unpaired) electrons. The zero-order valence-corrected chi connectivity index (χ0v) is 12.9. The number of aliphatic hydroxyl groups is 1. The molecule has 7 heteroatoms. The Bertz CT molecular complexity index is 706. The van der Waals surface area contributed by atoms with Crippen LogP contribution in [0.2, 0.25) is 5.02 Å². The minimum absolute atomic E-state index is 0.0142. The number of nitro groups is 1. The van der Waals surface area contributed by atoms with E-state index in [1.54, 1.807) is 12.1 Å². The average molecular weight is 335 g/mol. The number of benzene rings is 2. The Morgan fingerprint density at radius 1 is 1.26 bits per heavy atom. The van der Waals surface area contributed by atoms with E-state index in [1.165, 1.54) is 12.1 Å². The fraction of sp³-hybridized carbons (Fsp3) is 0.188. The number of nitro benzene ring substituents is 1. The lowest BCUT2D eigenvalue weighted by atomic mass is 10.1. The van der Waals surface area contributed by atoms with Crippen LogP contribution in [0.3, 0.4) is 0 Å². The molecule has 0 fully saturated rings. The van der Waals surface area contributed by atoms with Crippen molar-refractivity contribution in [3.8, 4) is 0 Å². The van der Waals surface area contributed by atoms with E-state index in [2.05, 4.69) is 5.32 Å². The lowest BCUT2D eigenvalue weighted by molar-refractivity contribution is -0.384. The summed E-state index contributed by atoms with van der Waals surface area (Å²) in [5, 5.41) is 23.3. The van der Waals surface area contributed by atoms with Crippen molar-refractivity contribution in [2.75, 3.05) is 6.54 Å². The first-order valence-electron chi connectivity index (χ1n) is 6.94. The van der Waals surface area contributed by atoms with Gasteiger partial charge in [-0.3, -0.25) is 14.9 Å². The number of amides is 1. The van der Waals surface area contributed by atoms with Crippen LogP contribution in [-0.2, 0) is 0 Å². The molecule has 1 unspecified atom stereocenters. The minimum atomic E-state index is -0.677. The van der Waals surface area contributed by atoms with E-state index in [4.69, 9.17) is 11.6 Å². The molecule has 0 aliphatic carbocycles. The Balaban J connectivity index is 1.91. The molecule has 2 aromatic carbocycles. The van der Waals surface area contributed by atoms with Gasteiger partial charge in [0.2, 0.25) is 0 Å². The van der Waals surface area contributed by atoms with E-state index < -0.39 is 16.9 Å². The molecule has 2 rings (SSSR count). The molecule has 120 valence electrons. The number of halogens is 1. The van der Waals surface area contributed by atoms with Gasteiger partial charge in [0.15, 0.2) is 0 Å². The maximum Gasteiger partial charge on any atom is 0.270 e. The van der Waals surface area contributed by atoms with E-state index in [1.807, 2.05) is 18.2 Å². The van der Waals surface area contributed by atoms with E-state index in [0.717, 1.165) is 11.6 Å². The van der Waals surface area contributed by atoms with Crippen molar-refractivity contribution >= 4 is 23.2 Å². The molecule has 0 aliphatic heterocycles. The monoisotopic (exact) mass is 334 g/mol. The van der Waals surface area contributed by atoms with Crippen LogP contribution in [0, 0.1) is 10.1 Å². The molecule has 1 amide bonds. The third kappa shape index (κ3) is 4.51. The van der Waals surface area contributed by atoms with Gasteiger partial charge in [0, 0.05) is 18.7 Å². The van der Waals surface area contributed by atoms with Gasteiger partial charge in [0.25, 0.3) is 11.6 Å². The molecule has 1 atom stereocenters. The number of carbonyl (C=O) groups is 1. The predicted molar refractivity (Wildman–Crippen MR) is 86.5 cm³/mol. The van der Waals surface area contributed by atoms with Gasteiger partial charge in [0.1, 0.15) is 0 Å². The third-order valence-electron chi connectivity index (χ3n) is 3.30. The summed E-state index contributed by atoms with van der Waals surface area (Å²) in [7, 11) is 0. The standard InChI is InChI=1S/C16H15ClN2O4/c17-14-10-12(19(22)23)6-7-13(14)16(21)18-9-8-15(20)11-4-2-1-3-5-11/h1-7,10,15,20H,8-9H2,(H,18,21). The van der Waals surface area contributed by atoms with Gasteiger partial charge in [-0.1, -0.05) is 41.9 Å². The first kappa shape index (κ1) is 16.9. The fourth-order valence-electron chi connectivity index (χ4n) is 2.06. The summed E-state index contributed by atoms with van der Waals surface area (Å²) in [6.45, 7) is 0.252. The van der Waals surface area contributed by atoms with Gasteiger partial charge in [-0.25, -0.2) is 0 Å². The SMILES string of the molecule is O=C(NCCC(O)c1ccccc1)c1ccc([N+](=O)[O-])cc1Cl. The van der Waals surface area contributed by atoms with Crippen molar-refractivity contribution in [1.82, 2.24) is 5.32 Å². The fourth-order valence-corrected chi connectivity index (χ4v) is 2.32. The van der Waals surface area contributed by atoms with Crippen LogP contribution in [-0.4, -0.2) is 22.5 Å². The molecule has 6 nitrogen and oxygen atoms in total. The second-order valence-corrected chi connectivity index (χ2v) is 5.30. The van der Waals surface area contributed by atoms with Crippen LogP contribution >= 0.6 is 11.6 Å². The Morgan fingerprint density at radius 3 is 2.57 bits per heavy atom. The Hall–Kier alpha value is -2.44. The van der Waals surface area contributed by atoms with Crippen LogP contribution in [0.4, 0.5) is 5.69 Å². The van der Waals surface area contributed by atoms with E-state index in [9.17, 15) is 20.0 Å². The van der Waals surface area contributed by atoms with Gasteiger partial charge in [0.05, 0.1) is 21.6 Å². The Labute approximate surface area is 137 Å². The summed E-state index contributed by atoms with van der Waals surface area (Å²) in [5.74, 6) is -0.440. The zero-order chi connectivity index (χ0) is 16.8. The number of nitrogens with zero attached hydrogens (tertiary/aromatic N) is 1. The second kappa shape index (κ2) is 7.71. The molecule has 23 heavy (non-hydrogen) atoms. The Morgan fingerprint density at radius 2 is 1.96 bits per heavy atom. The van der Waals surface area contributed by atoms with E-state index in [-0.39, 0.29) is 22.8 Å². The van der Waals surface area contributed by atoms with Crippen LogP contribution in [0.25, 0.3) is 0 Å². The first-order chi connectivity index (χ1) is 11.0. The number of hydrogen-bond donors (Lipinski definition) is 2. The molecule has 0 saturated carbocycles. The smallest absolute Gasteiger partial charge is 0.270 e. The molecule has 0 spiro atoms. The highest BCUT2D eigenvalue weighted by molar-refractivity contribution is 6.34. The van der Waals surface area contributed by atoms with E-state index >= 15 is 0 Å². The second-order valence-electron chi connectivity index (χ2n) is 4.89. The molecule has 0 saturated heterocycles. The molecule has 0 aliphatic rings. The quantitative estimate of drug-likeness (QED) is 0.627. The highest BCUT2D eigenvalue weighted by atomic mass is 35.5. The number of carbonyl (C=O) groups excluding carboxylic acids is 1. The van der Waals surface area contributed by atoms with Crippen molar-refractivity contribution in [2.45, 2.75) is 12.5 Å². The summed E-state index contributed by atoms with van der Waals surface area (Å²) in [6, 6.07) is 12.8. The van der Waals surface area contributed by atoms with Gasteiger partial charge in [-0.2, -0.15) is 0 Å². The van der Waals surface area contributed by atoms with Gasteiger partial charge < -0.3 is 10.4 Å². The number of rotatable bonds is 6. The van der Waals surface area contributed by atoms with Crippen LogP contribution in [0.5, 0.6) is 0 Å². The van der Waals surface area contributed by atoms with Gasteiger partial charge in [-0.15, -0.1) is 0 Å². The molecule has 2 aromatic rings. The molecule has 2 N–H and O–H groups in total. The molecule has 0 heterocycles. The number of nitrogens with one attached hydrogen (secondary N) is 1. The average Bonchev–Trinajstić information content (AvgIpc) is 2.55. The Kier molecular flexibility index (Phi) is 5.67. The van der Waals surface area contributed by atoms with Crippen LogP contribution in [0.1, 0.15) is 28.4 Å².